The van der Waals surface area contributed by atoms with Gasteiger partial charge in [0, 0.05) is 44.8 Å². The van der Waals surface area contributed by atoms with E-state index in [1.807, 2.05) is 0 Å². The molecule has 0 radical (unpaired) electrons. The minimum Gasteiger partial charge on any atom is -0.396 e. The monoisotopic (exact) mass is 432 g/mol. The van der Waals surface area contributed by atoms with Gasteiger partial charge in [-0.15, -0.1) is 0 Å². The SMILES string of the molecule is CCCCCC(=O)CCC(O)CO.CCCCCCCCCC(=O)CC(CO)CO. The number of aliphatic hydroxyl groups excluding tert-OH is 4. The number of carbonyl (C=O) groups is 2. The fourth-order valence-corrected chi connectivity index (χ4v) is 3.01. The van der Waals surface area contributed by atoms with Crippen molar-refractivity contribution in [3.63, 3.8) is 0 Å². The van der Waals surface area contributed by atoms with Crippen molar-refractivity contribution >= 4 is 11.6 Å². The van der Waals surface area contributed by atoms with Crippen LogP contribution in [0.1, 0.15) is 110 Å². The van der Waals surface area contributed by atoms with E-state index in [0.29, 0.717) is 32.1 Å². The zero-order valence-corrected chi connectivity index (χ0v) is 19.5. The van der Waals surface area contributed by atoms with Gasteiger partial charge < -0.3 is 20.4 Å². The summed E-state index contributed by atoms with van der Waals surface area (Å²) >= 11 is 0. The maximum atomic E-state index is 11.5. The Kier molecular flexibility index (Phi) is 25.6. The fraction of sp³-hybridized carbons (Fsp3) is 0.917. The molecule has 0 aromatic carbocycles. The molecular weight excluding hydrogens is 384 g/mol. The smallest absolute Gasteiger partial charge is 0.133 e. The van der Waals surface area contributed by atoms with Crippen molar-refractivity contribution in [1.29, 1.82) is 0 Å². The van der Waals surface area contributed by atoms with Crippen LogP contribution in [-0.4, -0.2) is 57.9 Å². The van der Waals surface area contributed by atoms with Crippen LogP contribution in [0.4, 0.5) is 0 Å². The van der Waals surface area contributed by atoms with Crippen molar-refractivity contribution in [2.24, 2.45) is 5.92 Å². The van der Waals surface area contributed by atoms with Gasteiger partial charge in [0.25, 0.3) is 0 Å². The van der Waals surface area contributed by atoms with Gasteiger partial charge in [0.2, 0.25) is 0 Å². The van der Waals surface area contributed by atoms with E-state index >= 15 is 0 Å². The Morgan fingerprint density at radius 2 is 1.10 bits per heavy atom. The number of ketones is 2. The second-order valence-electron chi connectivity index (χ2n) is 8.22. The highest BCUT2D eigenvalue weighted by atomic mass is 16.3. The molecule has 0 aliphatic rings. The van der Waals surface area contributed by atoms with Gasteiger partial charge in [-0.25, -0.2) is 0 Å². The molecule has 0 rings (SSSR count). The summed E-state index contributed by atoms with van der Waals surface area (Å²) in [6.45, 7) is 3.86. The summed E-state index contributed by atoms with van der Waals surface area (Å²) < 4.78 is 0. The van der Waals surface area contributed by atoms with E-state index in [2.05, 4.69) is 13.8 Å². The largest absolute Gasteiger partial charge is 0.396 e. The van der Waals surface area contributed by atoms with Crippen LogP contribution in [0.25, 0.3) is 0 Å². The number of hydrogen-bond acceptors (Lipinski definition) is 6. The number of hydrogen-bond donors (Lipinski definition) is 4. The molecule has 0 heterocycles. The van der Waals surface area contributed by atoms with Crippen molar-refractivity contribution < 1.29 is 30.0 Å². The zero-order chi connectivity index (χ0) is 23.0. The van der Waals surface area contributed by atoms with E-state index in [0.717, 1.165) is 32.1 Å². The summed E-state index contributed by atoms with van der Waals surface area (Å²) in [5, 5.41) is 35.2. The number of aliphatic hydroxyl groups is 4. The number of carbonyl (C=O) groups excluding carboxylic acids is 2. The lowest BCUT2D eigenvalue weighted by Gasteiger charge is -2.09. The van der Waals surface area contributed by atoms with Crippen molar-refractivity contribution in [2.45, 2.75) is 116 Å². The van der Waals surface area contributed by atoms with Gasteiger partial charge in [0.1, 0.15) is 11.6 Å². The molecule has 0 aromatic heterocycles. The minimum absolute atomic E-state index is 0.0980. The molecule has 6 nitrogen and oxygen atoms in total. The molecule has 0 aliphatic heterocycles. The molecule has 0 spiro atoms. The minimum atomic E-state index is -0.727. The highest BCUT2D eigenvalue weighted by Gasteiger charge is 2.11. The molecule has 0 saturated carbocycles. The Morgan fingerprint density at radius 3 is 1.63 bits per heavy atom. The highest BCUT2D eigenvalue weighted by Crippen LogP contribution is 2.11. The maximum Gasteiger partial charge on any atom is 0.133 e. The summed E-state index contributed by atoms with van der Waals surface area (Å²) in [7, 11) is 0. The van der Waals surface area contributed by atoms with Crippen molar-refractivity contribution in [3.8, 4) is 0 Å². The number of rotatable bonds is 20. The van der Waals surface area contributed by atoms with Gasteiger partial charge >= 0.3 is 0 Å². The third-order valence-electron chi connectivity index (χ3n) is 5.12. The molecule has 4 N–H and O–H groups in total. The van der Waals surface area contributed by atoms with Crippen LogP contribution in [0.3, 0.4) is 0 Å². The van der Waals surface area contributed by atoms with E-state index in [1.54, 1.807) is 0 Å². The molecular formula is C24H48O6. The molecule has 1 atom stereocenters. The normalized spacial score (nSPS) is 11.8. The second kappa shape index (κ2) is 24.4. The van der Waals surface area contributed by atoms with Crippen molar-refractivity contribution in [1.82, 2.24) is 0 Å². The predicted molar refractivity (Wildman–Crippen MR) is 121 cm³/mol. The summed E-state index contributed by atoms with van der Waals surface area (Å²) in [4.78, 5) is 22.6. The first-order valence-corrected chi connectivity index (χ1v) is 12.0. The van der Waals surface area contributed by atoms with Gasteiger partial charge in [-0.3, -0.25) is 9.59 Å². The highest BCUT2D eigenvalue weighted by molar-refractivity contribution is 5.78. The van der Waals surface area contributed by atoms with E-state index in [4.69, 9.17) is 20.4 Å². The average Bonchev–Trinajstić information content (AvgIpc) is 2.75. The molecule has 0 bridgehead atoms. The summed E-state index contributed by atoms with van der Waals surface area (Å²) in [6.07, 6.45) is 13.2. The van der Waals surface area contributed by atoms with E-state index in [1.165, 1.54) is 32.1 Å². The first kappa shape index (κ1) is 31.4. The van der Waals surface area contributed by atoms with Gasteiger partial charge in [-0.1, -0.05) is 65.2 Å². The molecule has 0 fully saturated rings. The van der Waals surface area contributed by atoms with E-state index in [9.17, 15) is 9.59 Å². The molecule has 0 saturated heterocycles. The van der Waals surface area contributed by atoms with Gasteiger partial charge in [-0.05, 0) is 19.3 Å². The van der Waals surface area contributed by atoms with Crippen LogP contribution in [-0.2, 0) is 9.59 Å². The zero-order valence-electron chi connectivity index (χ0n) is 19.5. The number of Topliss-reactive ketones (excluding diaryl/α,β-unsaturated/α-hetero) is 2. The Hall–Kier alpha value is -0.820. The fourth-order valence-electron chi connectivity index (χ4n) is 3.01. The maximum absolute atomic E-state index is 11.5. The summed E-state index contributed by atoms with van der Waals surface area (Å²) in [6, 6.07) is 0. The van der Waals surface area contributed by atoms with E-state index in [-0.39, 0.29) is 37.3 Å². The predicted octanol–water partition coefficient (Wildman–Crippen LogP) is 3.96. The molecule has 0 amide bonds. The Balaban J connectivity index is 0. The molecule has 1 unspecified atom stereocenters. The van der Waals surface area contributed by atoms with Crippen molar-refractivity contribution in [2.75, 3.05) is 19.8 Å². The standard InChI is InChI=1S/C14H28O3.C10H20O3/c1-2-3-4-5-6-7-8-9-14(17)10-13(11-15)12-16;1-2-3-4-5-9(12)6-7-10(13)8-11/h13,15-16H,2-12H2,1H3;10-11,13H,2-8H2,1H3. The van der Waals surface area contributed by atoms with Gasteiger partial charge in [0.15, 0.2) is 0 Å². The lowest BCUT2D eigenvalue weighted by molar-refractivity contribution is -0.121. The lowest BCUT2D eigenvalue weighted by Crippen LogP contribution is -2.15. The molecule has 30 heavy (non-hydrogen) atoms. The third-order valence-corrected chi connectivity index (χ3v) is 5.12. The van der Waals surface area contributed by atoms with Gasteiger partial charge in [0.05, 0.1) is 12.7 Å². The molecule has 0 aromatic rings. The Morgan fingerprint density at radius 1 is 0.633 bits per heavy atom. The van der Waals surface area contributed by atoms with Crippen LogP contribution < -0.4 is 0 Å². The topological polar surface area (TPSA) is 115 Å². The second-order valence-corrected chi connectivity index (χ2v) is 8.22. The first-order valence-electron chi connectivity index (χ1n) is 12.0. The van der Waals surface area contributed by atoms with Crippen LogP contribution in [0.2, 0.25) is 0 Å². The molecule has 6 heteroatoms. The first-order chi connectivity index (χ1) is 14.4. The summed E-state index contributed by atoms with van der Waals surface area (Å²) in [5.74, 6) is 0.111. The third kappa shape index (κ3) is 23.5. The lowest BCUT2D eigenvalue weighted by atomic mass is 10.00. The Labute approximate surface area is 184 Å². The van der Waals surface area contributed by atoms with Crippen LogP contribution in [0.5, 0.6) is 0 Å². The van der Waals surface area contributed by atoms with Gasteiger partial charge in [-0.2, -0.15) is 0 Å². The van der Waals surface area contributed by atoms with E-state index < -0.39 is 6.10 Å². The van der Waals surface area contributed by atoms with Crippen LogP contribution in [0.15, 0.2) is 0 Å². The Bertz CT molecular complexity index is 382. The molecule has 0 aliphatic carbocycles. The van der Waals surface area contributed by atoms with Crippen LogP contribution >= 0.6 is 0 Å². The average molecular weight is 433 g/mol. The quantitative estimate of drug-likeness (QED) is 0.217. The number of unbranched alkanes of at least 4 members (excludes halogenated alkanes) is 8. The van der Waals surface area contributed by atoms with Crippen molar-refractivity contribution in [3.05, 3.63) is 0 Å². The molecule has 180 valence electrons. The summed E-state index contributed by atoms with van der Waals surface area (Å²) in [5.41, 5.74) is 0. The van der Waals surface area contributed by atoms with Crippen LogP contribution in [0, 0.1) is 5.92 Å².